The van der Waals surface area contributed by atoms with Crippen molar-refractivity contribution in [2.75, 3.05) is 20.1 Å². The first-order chi connectivity index (χ1) is 12.8. The first-order valence-electron chi connectivity index (χ1n) is 10.1. The van der Waals surface area contributed by atoms with Gasteiger partial charge < -0.3 is 5.32 Å². The largest absolute Gasteiger partial charge is 0.317 e. The number of hydrogen-bond acceptors (Lipinski definition) is 4. The summed E-state index contributed by atoms with van der Waals surface area (Å²) in [4.78, 5) is 12.1. The van der Waals surface area contributed by atoms with E-state index in [0.29, 0.717) is 0 Å². The predicted molar refractivity (Wildman–Crippen MR) is 106 cm³/mol. The molecular formula is C22H30N4. The van der Waals surface area contributed by atoms with Gasteiger partial charge in [-0.2, -0.15) is 0 Å². The lowest BCUT2D eigenvalue weighted by atomic mass is 9.84. The van der Waals surface area contributed by atoms with Crippen LogP contribution in [0, 0.1) is 5.92 Å². The molecule has 1 aromatic heterocycles. The molecule has 0 radical (unpaired) electrons. The highest BCUT2D eigenvalue weighted by molar-refractivity contribution is 5.54. The van der Waals surface area contributed by atoms with E-state index in [4.69, 9.17) is 4.98 Å². The Labute approximate surface area is 157 Å². The first kappa shape index (κ1) is 17.6. The van der Waals surface area contributed by atoms with Gasteiger partial charge in [-0.3, -0.25) is 4.90 Å². The van der Waals surface area contributed by atoms with Gasteiger partial charge in [0.25, 0.3) is 0 Å². The fourth-order valence-electron chi connectivity index (χ4n) is 4.38. The van der Waals surface area contributed by atoms with Gasteiger partial charge in [0, 0.05) is 30.9 Å². The molecule has 0 amide bonds. The zero-order valence-corrected chi connectivity index (χ0v) is 15.8. The third-order valence-electron chi connectivity index (χ3n) is 6.17. The van der Waals surface area contributed by atoms with Crippen molar-refractivity contribution in [3.8, 4) is 11.4 Å². The summed E-state index contributed by atoms with van der Waals surface area (Å²) in [7, 11) is 2.10. The molecule has 0 atom stereocenters. The molecule has 2 aromatic rings. The van der Waals surface area contributed by atoms with Crippen molar-refractivity contribution < 1.29 is 0 Å². The van der Waals surface area contributed by atoms with E-state index in [2.05, 4.69) is 34.4 Å². The minimum Gasteiger partial charge on any atom is -0.317 e. The molecule has 0 saturated heterocycles. The molecule has 0 bridgehead atoms. The Balaban J connectivity index is 1.35. The summed E-state index contributed by atoms with van der Waals surface area (Å²) >= 11 is 0. The minimum absolute atomic E-state index is 0.751. The third-order valence-corrected chi connectivity index (χ3v) is 6.17. The number of rotatable bonds is 5. The van der Waals surface area contributed by atoms with Crippen LogP contribution in [0.25, 0.3) is 11.4 Å². The van der Waals surface area contributed by atoms with Crippen molar-refractivity contribution in [1.29, 1.82) is 0 Å². The van der Waals surface area contributed by atoms with Crippen LogP contribution in [0.4, 0.5) is 0 Å². The maximum atomic E-state index is 4.89. The van der Waals surface area contributed by atoms with Crippen LogP contribution in [-0.4, -0.2) is 41.0 Å². The quantitative estimate of drug-likeness (QED) is 0.893. The SMILES string of the molecule is CNC1CCC(CCN2CCc3cnc(-c4ccccc4)nc3C2)CC1. The van der Waals surface area contributed by atoms with Crippen molar-refractivity contribution >= 4 is 0 Å². The highest BCUT2D eigenvalue weighted by Crippen LogP contribution is 2.28. The molecule has 0 spiro atoms. The normalized spacial score (nSPS) is 23.6. The van der Waals surface area contributed by atoms with E-state index in [1.165, 1.54) is 49.9 Å². The summed E-state index contributed by atoms with van der Waals surface area (Å²) in [6.45, 7) is 3.33. The summed E-state index contributed by atoms with van der Waals surface area (Å²) in [5.74, 6) is 1.77. The van der Waals surface area contributed by atoms with Gasteiger partial charge in [0.1, 0.15) is 0 Å². The minimum atomic E-state index is 0.751. The molecule has 1 saturated carbocycles. The van der Waals surface area contributed by atoms with Gasteiger partial charge in [-0.25, -0.2) is 9.97 Å². The van der Waals surface area contributed by atoms with E-state index >= 15 is 0 Å². The van der Waals surface area contributed by atoms with E-state index in [0.717, 1.165) is 42.9 Å². The van der Waals surface area contributed by atoms with Crippen LogP contribution < -0.4 is 5.32 Å². The van der Waals surface area contributed by atoms with Crippen LogP contribution in [0.2, 0.25) is 0 Å². The number of aromatic nitrogens is 2. The van der Waals surface area contributed by atoms with Gasteiger partial charge in [0.2, 0.25) is 0 Å². The van der Waals surface area contributed by atoms with Gasteiger partial charge in [0.15, 0.2) is 5.82 Å². The van der Waals surface area contributed by atoms with Crippen LogP contribution >= 0.6 is 0 Å². The Bertz CT molecular complexity index is 707. The number of nitrogens with zero attached hydrogens (tertiary/aromatic N) is 3. The van der Waals surface area contributed by atoms with Crippen molar-refractivity contribution in [2.24, 2.45) is 5.92 Å². The van der Waals surface area contributed by atoms with Gasteiger partial charge in [-0.1, -0.05) is 30.3 Å². The summed E-state index contributed by atoms with van der Waals surface area (Å²) in [6, 6.07) is 11.1. The lowest BCUT2D eigenvalue weighted by molar-refractivity contribution is 0.206. The van der Waals surface area contributed by atoms with Crippen LogP contribution in [0.3, 0.4) is 0 Å². The maximum Gasteiger partial charge on any atom is 0.159 e. The molecular weight excluding hydrogens is 320 g/mol. The Morgan fingerprint density at radius 3 is 2.69 bits per heavy atom. The molecule has 2 heterocycles. The Hall–Kier alpha value is -1.78. The van der Waals surface area contributed by atoms with Crippen LogP contribution in [0.5, 0.6) is 0 Å². The molecule has 1 N–H and O–H groups in total. The monoisotopic (exact) mass is 350 g/mol. The molecule has 4 rings (SSSR count). The molecule has 2 aliphatic rings. The number of hydrogen-bond donors (Lipinski definition) is 1. The Kier molecular flexibility index (Phi) is 5.61. The number of fused-ring (bicyclic) bond motifs is 1. The Morgan fingerprint density at radius 1 is 1.12 bits per heavy atom. The third kappa shape index (κ3) is 4.13. The average molecular weight is 351 g/mol. The van der Waals surface area contributed by atoms with E-state index in [-0.39, 0.29) is 0 Å². The van der Waals surface area contributed by atoms with Crippen molar-refractivity contribution in [2.45, 2.75) is 51.1 Å². The van der Waals surface area contributed by atoms with E-state index in [1.54, 1.807) is 0 Å². The second-order valence-corrected chi connectivity index (χ2v) is 7.85. The molecule has 138 valence electrons. The molecule has 4 nitrogen and oxygen atoms in total. The molecule has 1 aliphatic heterocycles. The molecule has 4 heteroatoms. The second-order valence-electron chi connectivity index (χ2n) is 7.85. The van der Waals surface area contributed by atoms with E-state index in [9.17, 15) is 0 Å². The summed E-state index contributed by atoms with van der Waals surface area (Å²) < 4.78 is 0. The smallest absolute Gasteiger partial charge is 0.159 e. The van der Waals surface area contributed by atoms with Crippen molar-refractivity contribution in [3.05, 3.63) is 47.8 Å². The summed E-state index contributed by atoms with van der Waals surface area (Å²) in [5.41, 5.74) is 3.66. The topological polar surface area (TPSA) is 41.0 Å². The Morgan fingerprint density at radius 2 is 1.92 bits per heavy atom. The first-order valence-corrected chi connectivity index (χ1v) is 10.1. The number of benzene rings is 1. The molecule has 1 fully saturated rings. The van der Waals surface area contributed by atoms with Crippen LogP contribution in [0.15, 0.2) is 36.5 Å². The molecule has 0 unspecified atom stereocenters. The van der Waals surface area contributed by atoms with Gasteiger partial charge >= 0.3 is 0 Å². The molecule has 1 aliphatic carbocycles. The second kappa shape index (κ2) is 8.28. The van der Waals surface area contributed by atoms with Crippen LogP contribution in [-0.2, 0) is 13.0 Å². The number of nitrogens with one attached hydrogen (secondary N) is 1. The zero-order valence-electron chi connectivity index (χ0n) is 15.8. The predicted octanol–water partition coefficient (Wildman–Crippen LogP) is 3.67. The van der Waals surface area contributed by atoms with Gasteiger partial charge in [-0.15, -0.1) is 0 Å². The molecule has 26 heavy (non-hydrogen) atoms. The zero-order chi connectivity index (χ0) is 17.8. The van der Waals surface area contributed by atoms with Crippen molar-refractivity contribution in [1.82, 2.24) is 20.2 Å². The van der Waals surface area contributed by atoms with E-state index in [1.807, 2.05) is 24.4 Å². The van der Waals surface area contributed by atoms with Gasteiger partial charge in [0.05, 0.1) is 5.69 Å². The lowest BCUT2D eigenvalue weighted by Crippen LogP contribution is -2.34. The van der Waals surface area contributed by atoms with Gasteiger partial charge in [-0.05, 0) is 63.6 Å². The summed E-state index contributed by atoms with van der Waals surface area (Å²) in [5, 5.41) is 3.44. The standard InChI is InChI=1S/C22H30N4/c1-23-20-9-7-17(8-10-20)11-13-26-14-12-19-15-24-22(25-21(19)16-26)18-5-3-2-4-6-18/h2-6,15,17,20,23H,7-14,16H2,1H3. The lowest BCUT2D eigenvalue weighted by Gasteiger charge is -2.32. The molecule has 1 aromatic carbocycles. The fraction of sp³-hybridized carbons (Fsp3) is 0.545. The fourth-order valence-corrected chi connectivity index (χ4v) is 4.38. The summed E-state index contributed by atoms with van der Waals surface area (Å²) in [6.07, 6.45) is 9.92. The highest BCUT2D eigenvalue weighted by atomic mass is 15.1. The highest BCUT2D eigenvalue weighted by Gasteiger charge is 2.23. The average Bonchev–Trinajstić information content (AvgIpc) is 2.72. The van der Waals surface area contributed by atoms with E-state index < -0.39 is 0 Å². The van der Waals surface area contributed by atoms with Crippen molar-refractivity contribution in [3.63, 3.8) is 0 Å². The maximum absolute atomic E-state index is 4.89. The van der Waals surface area contributed by atoms with Crippen LogP contribution in [0.1, 0.15) is 43.4 Å².